The number of alkyl halides is 3. The molecule has 1 unspecified atom stereocenters. The van der Waals surface area contributed by atoms with E-state index in [0.717, 1.165) is 12.1 Å². The number of nitrogens with one attached hydrogen (secondary N) is 1. The highest BCUT2D eigenvalue weighted by Gasteiger charge is 2.48. The molecule has 2 heterocycles. The topological polar surface area (TPSA) is 126 Å². The maximum absolute atomic E-state index is 15.1. The average molecular weight is 607 g/mol. The van der Waals surface area contributed by atoms with Gasteiger partial charge in [0.1, 0.15) is 17.7 Å². The maximum Gasteiger partial charge on any atom is 0.413 e. The summed E-state index contributed by atoms with van der Waals surface area (Å²) in [6.07, 6.45) is -5.85. The Morgan fingerprint density at radius 2 is 1.84 bits per heavy atom. The van der Waals surface area contributed by atoms with Crippen molar-refractivity contribution in [1.82, 2.24) is 20.1 Å². The number of H-pyrrole nitrogens is 1. The molecule has 2 aromatic heterocycles. The SMILES string of the molecule is CC#Cc1ccc2c(=O)[nH]nc(Cc3ccc(F)c(C(N(CCN(CC)c4ccc(C#N)cn4)C(=O)O)C(F)(F)F)c3)c2c1. The Hall–Kier alpha value is -5.43. The number of carbonyl (C=O) groups is 1. The Balaban J connectivity index is 1.70. The summed E-state index contributed by atoms with van der Waals surface area (Å²) < 4.78 is 58.7. The molecular weight excluding hydrogens is 580 g/mol. The monoisotopic (exact) mass is 606 g/mol. The molecule has 44 heavy (non-hydrogen) atoms. The summed E-state index contributed by atoms with van der Waals surface area (Å²) in [6, 6.07) is 10.0. The summed E-state index contributed by atoms with van der Waals surface area (Å²) in [7, 11) is 0. The number of pyridine rings is 1. The van der Waals surface area contributed by atoms with Crippen molar-refractivity contribution in [2.75, 3.05) is 24.5 Å². The molecule has 0 aliphatic rings. The summed E-state index contributed by atoms with van der Waals surface area (Å²) in [5.74, 6) is 4.73. The summed E-state index contributed by atoms with van der Waals surface area (Å²) in [5, 5.41) is 26.0. The fourth-order valence-electron chi connectivity index (χ4n) is 4.84. The smallest absolute Gasteiger partial charge is 0.413 e. The number of hydrogen-bond acceptors (Lipinski definition) is 6. The zero-order valence-electron chi connectivity index (χ0n) is 23.6. The van der Waals surface area contributed by atoms with Crippen LogP contribution in [-0.4, -0.2) is 57.1 Å². The van der Waals surface area contributed by atoms with Crippen LogP contribution in [-0.2, 0) is 6.42 Å². The van der Waals surface area contributed by atoms with E-state index in [0.29, 0.717) is 27.8 Å². The van der Waals surface area contributed by atoms with Gasteiger partial charge in [-0.3, -0.25) is 9.69 Å². The van der Waals surface area contributed by atoms with E-state index < -0.39 is 41.8 Å². The molecule has 13 heteroatoms. The van der Waals surface area contributed by atoms with E-state index >= 15 is 4.39 Å². The molecule has 4 rings (SSSR count). The number of hydrogen-bond donors (Lipinski definition) is 2. The van der Waals surface area contributed by atoms with Gasteiger partial charge < -0.3 is 10.0 Å². The predicted octanol–water partition coefficient (Wildman–Crippen LogP) is 5.40. The highest BCUT2D eigenvalue weighted by atomic mass is 19.4. The Kier molecular flexibility index (Phi) is 9.49. The standard InChI is InChI=1S/C31H26F4N6O3/c1-3-5-19-6-9-22-23(14-19)26(38-39-29(22)42)16-20-7-10-25(32)24(15-20)28(31(33,34)35)41(30(43)44)13-12-40(4-2)27-11-8-21(17-36)18-37-27/h6-11,14-15,18,28H,4,12-13,16H2,1-2H3,(H,39,42)(H,43,44). The van der Waals surface area contributed by atoms with Crippen LogP contribution < -0.4 is 10.5 Å². The Labute approximate surface area is 249 Å². The fourth-order valence-corrected chi connectivity index (χ4v) is 4.84. The second-order valence-electron chi connectivity index (χ2n) is 9.68. The molecule has 0 aliphatic carbocycles. The van der Waals surface area contributed by atoms with Crippen molar-refractivity contribution in [2.24, 2.45) is 0 Å². The van der Waals surface area contributed by atoms with Crippen molar-refractivity contribution >= 4 is 22.7 Å². The number of aromatic amines is 1. The number of fused-ring (bicyclic) bond motifs is 1. The Morgan fingerprint density at radius 1 is 1.09 bits per heavy atom. The van der Waals surface area contributed by atoms with Crippen LogP contribution in [0.1, 0.15) is 47.8 Å². The number of anilines is 1. The number of nitriles is 1. The van der Waals surface area contributed by atoms with Gasteiger partial charge in [-0.05, 0) is 55.8 Å². The first-order valence-corrected chi connectivity index (χ1v) is 13.4. The molecule has 0 saturated carbocycles. The summed E-state index contributed by atoms with van der Waals surface area (Å²) in [5.41, 5.74) is 0.0637. The molecule has 9 nitrogen and oxygen atoms in total. The molecular formula is C31H26F4N6O3. The predicted molar refractivity (Wildman–Crippen MR) is 154 cm³/mol. The van der Waals surface area contributed by atoms with Crippen molar-refractivity contribution < 1.29 is 27.5 Å². The number of benzene rings is 2. The van der Waals surface area contributed by atoms with E-state index in [-0.39, 0.29) is 35.5 Å². The quantitative estimate of drug-likeness (QED) is 0.193. The van der Waals surface area contributed by atoms with Crippen molar-refractivity contribution in [3.05, 3.63) is 98.8 Å². The lowest BCUT2D eigenvalue weighted by Gasteiger charge is -2.33. The van der Waals surface area contributed by atoms with Crippen LogP contribution in [0.2, 0.25) is 0 Å². The fraction of sp³-hybridized carbons (Fsp3) is 0.258. The van der Waals surface area contributed by atoms with Crippen molar-refractivity contribution in [3.63, 3.8) is 0 Å². The third-order valence-electron chi connectivity index (χ3n) is 6.92. The first-order valence-electron chi connectivity index (χ1n) is 13.4. The van der Waals surface area contributed by atoms with Gasteiger partial charge in [0.2, 0.25) is 0 Å². The van der Waals surface area contributed by atoms with Crippen molar-refractivity contribution in [2.45, 2.75) is 32.5 Å². The van der Waals surface area contributed by atoms with Crippen LogP contribution >= 0.6 is 0 Å². The minimum absolute atomic E-state index is 0.0881. The maximum atomic E-state index is 15.1. The van der Waals surface area contributed by atoms with Gasteiger partial charge in [-0.15, -0.1) is 5.92 Å². The van der Waals surface area contributed by atoms with E-state index in [4.69, 9.17) is 5.26 Å². The summed E-state index contributed by atoms with van der Waals surface area (Å²) in [6.45, 7) is 2.81. The number of likely N-dealkylation sites (N-methyl/N-ethyl adjacent to an activating group) is 1. The number of rotatable bonds is 9. The number of nitrogens with zero attached hydrogens (tertiary/aromatic N) is 5. The lowest BCUT2D eigenvalue weighted by Crippen LogP contribution is -2.46. The largest absolute Gasteiger partial charge is 0.465 e. The second kappa shape index (κ2) is 13.3. The van der Waals surface area contributed by atoms with Crippen molar-refractivity contribution in [3.8, 4) is 17.9 Å². The summed E-state index contributed by atoms with van der Waals surface area (Å²) >= 11 is 0. The highest BCUT2D eigenvalue weighted by molar-refractivity contribution is 5.85. The van der Waals surface area contributed by atoms with Crippen LogP contribution in [0.15, 0.2) is 59.5 Å². The van der Waals surface area contributed by atoms with Gasteiger partial charge in [0.05, 0.1) is 16.6 Å². The van der Waals surface area contributed by atoms with Crippen LogP contribution in [0, 0.1) is 29.0 Å². The van der Waals surface area contributed by atoms with E-state index in [1.165, 1.54) is 24.4 Å². The van der Waals surface area contributed by atoms with E-state index in [2.05, 4.69) is 27.0 Å². The summed E-state index contributed by atoms with van der Waals surface area (Å²) in [4.78, 5) is 30.4. The molecule has 1 atom stereocenters. The van der Waals surface area contributed by atoms with Crippen LogP contribution in [0.3, 0.4) is 0 Å². The number of aromatic nitrogens is 3. The van der Waals surface area contributed by atoms with Gasteiger partial charge in [0, 0.05) is 48.8 Å². The van der Waals surface area contributed by atoms with Gasteiger partial charge in [-0.25, -0.2) is 19.3 Å². The molecule has 1 amide bonds. The normalized spacial score (nSPS) is 11.8. The highest BCUT2D eigenvalue weighted by Crippen LogP contribution is 2.39. The molecule has 4 aromatic rings. The molecule has 0 radical (unpaired) electrons. The lowest BCUT2D eigenvalue weighted by molar-refractivity contribution is -0.181. The van der Waals surface area contributed by atoms with E-state index in [9.17, 15) is 27.9 Å². The third-order valence-corrected chi connectivity index (χ3v) is 6.92. The van der Waals surface area contributed by atoms with Crippen LogP contribution in [0.25, 0.3) is 10.8 Å². The number of amides is 1. The minimum Gasteiger partial charge on any atom is -0.465 e. The van der Waals surface area contributed by atoms with Gasteiger partial charge in [0.25, 0.3) is 5.56 Å². The van der Waals surface area contributed by atoms with Crippen LogP contribution in [0.5, 0.6) is 0 Å². The van der Waals surface area contributed by atoms with E-state index in [1.807, 2.05) is 6.07 Å². The molecule has 0 bridgehead atoms. The zero-order chi connectivity index (χ0) is 32.0. The van der Waals surface area contributed by atoms with Gasteiger partial charge in [-0.1, -0.05) is 18.1 Å². The van der Waals surface area contributed by atoms with Gasteiger partial charge in [-0.2, -0.15) is 23.5 Å². The van der Waals surface area contributed by atoms with Gasteiger partial charge in [0.15, 0.2) is 6.04 Å². The Bertz CT molecular complexity index is 1840. The Morgan fingerprint density at radius 3 is 2.45 bits per heavy atom. The van der Waals surface area contributed by atoms with Gasteiger partial charge >= 0.3 is 12.3 Å². The number of halogens is 4. The molecule has 0 spiro atoms. The molecule has 2 aromatic carbocycles. The lowest BCUT2D eigenvalue weighted by atomic mass is 9.97. The molecule has 226 valence electrons. The third kappa shape index (κ3) is 6.95. The van der Waals surface area contributed by atoms with E-state index in [1.54, 1.807) is 36.9 Å². The molecule has 0 fully saturated rings. The second-order valence-corrected chi connectivity index (χ2v) is 9.68. The average Bonchev–Trinajstić information content (AvgIpc) is 2.99. The van der Waals surface area contributed by atoms with Crippen LogP contribution in [0.4, 0.5) is 28.2 Å². The first-order chi connectivity index (χ1) is 21.0. The van der Waals surface area contributed by atoms with Crippen molar-refractivity contribution in [1.29, 1.82) is 5.26 Å². The zero-order valence-corrected chi connectivity index (χ0v) is 23.6. The first kappa shape index (κ1) is 31.5. The molecule has 0 saturated heterocycles. The molecule has 2 N–H and O–H groups in total. The minimum atomic E-state index is -5.17. The number of carboxylic acid groups (broad SMARTS) is 1. The molecule has 0 aliphatic heterocycles.